The number of thioether (sulfide) groups is 1. The molecule has 0 bridgehead atoms. The Balaban J connectivity index is 1.38. The highest BCUT2D eigenvalue weighted by atomic mass is 32.2. The minimum Gasteiger partial charge on any atom is -0.405 e. The molecule has 5 atom stereocenters. The Bertz CT molecular complexity index is 1640. The molecule has 0 unspecified atom stereocenters. The van der Waals surface area contributed by atoms with Crippen LogP contribution in [-0.4, -0.2) is 61.8 Å². The highest BCUT2D eigenvalue weighted by Crippen LogP contribution is 2.41. The summed E-state index contributed by atoms with van der Waals surface area (Å²) in [5.74, 6) is 0. The van der Waals surface area contributed by atoms with E-state index in [0.717, 1.165) is 16.0 Å². The highest BCUT2D eigenvalue weighted by Gasteiger charge is 2.53. The van der Waals surface area contributed by atoms with Gasteiger partial charge in [-0.3, -0.25) is 4.90 Å². The van der Waals surface area contributed by atoms with Crippen molar-refractivity contribution in [1.82, 2.24) is 4.90 Å². The quantitative estimate of drug-likeness (QED) is 0.128. The first-order valence-electron chi connectivity index (χ1n) is 17.4. The molecule has 1 fully saturated rings. The average molecular weight is 704 g/mol. The van der Waals surface area contributed by atoms with E-state index >= 15 is 0 Å². The lowest BCUT2D eigenvalue weighted by atomic mass is 9.96. The first-order valence-corrected chi connectivity index (χ1v) is 20.2. The van der Waals surface area contributed by atoms with Gasteiger partial charge in [0.2, 0.25) is 0 Å². The molecule has 0 aromatic heterocycles. The second-order valence-electron chi connectivity index (χ2n) is 14.0. The second-order valence-corrected chi connectivity index (χ2v) is 19.6. The molecule has 0 spiro atoms. The van der Waals surface area contributed by atoms with E-state index in [-0.39, 0.29) is 10.3 Å². The third-order valence-corrected chi connectivity index (χ3v) is 16.1. The zero-order valence-electron chi connectivity index (χ0n) is 29.5. The van der Waals surface area contributed by atoms with Crippen LogP contribution in [0.3, 0.4) is 0 Å². The van der Waals surface area contributed by atoms with Gasteiger partial charge in [-0.2, -0.15) is 0 Å². The Hall–Kier alpha value is -3.53. The molecule has 7 heteroatoms. The van der Waals surface area contributed by atoms with Gasteiger partial charge in [-0.1, -0.05) is 160 Å². The van der Waals surface area contributed by atoms with Crippen molar-refractivity contribution in [1.29, 1.82) is 0 Å². The van der Waals surface area contributed by atoms with E-state index in [4.69, 9.17) is 13.9 Å². The van der Waals surface area contributed by atoms with Gasteiger partial charge in [-0.05, 0) is 38.7 Å². The number of nitrogens with zero attached hydrogens (tertiary/aromatic N) is 1. The molecule has 0 aliphatic carbocycles. The zero-order chi connectivity index (χ0) is 35.0. The molecule has 1 saturated heterocycles. The number of hydrogen-bond acceptors (Lipinski definition) is 6. The standard InChI is InChI=1S/C43H49NO4SSi/c1-43(2,3)50(36-26-16-8-17-27-36,37-28-18-9-19-29-37)47-32-38-41(49-35-24-14-7-15-25-35)40(45)39(42(46-4)48-38)44(30-33-20-10-5-11-21-33)31-34-22-12-6-13-23-34/h5-29,38-42,45H,30-32H2,1-4H3/t38-,39-,40-,41-,42+/m1/s1. The molecule has 5 nitrogen and oxygen atoms in total. The summed E-state index contributed by atoms with van der Waals surface area (Å²) in [5, 5.41) is 14.5. The van der Waals surface area contributed by atoms with Crippen molar-refractivity contribution in [2.24, 2.45) is 0 Å². The maximum atomic E-state index is 12.6. The van der Waals surface area contributed by atoms with Gasteiger partial charge < -0.3 is 19.0 Å². The van der Waals surface area contributed by atoms with Crippen LogP contribution in [0, 0.1) is 0 Å². The van der Waals surface area contributed by atoms with E-state index in [2.05, 4.69) is 147 Å². The molecule has 260 valence electrons. The molecule has 1 aliphatic rings. The van der Waals surface area contributed by atoms with Crippen molar-refractivity contribution in [3.05, 3.63) is 163 Å². The van der Waals surface area contributed by atoms with E-state index < -0.39 is 32.9 Å². The van der Waals surface area contributed by atoms with Crippen molar-refractivity contribution in [3.63, 3.8) is 0 Å². The van der Waals surface area contributed by atoms with Gasteiger partial charge in [0.25, 0.3) is 8.32 Å². The molecule has 0 saturated carbocycles. The van der Waals surface area contributed by atoms with Crippen LogP contribution in [0.15, 0.2) is 157 Å². The van der Waals surface area contributed by atoms with Crippen LogP contribution in [0.5, 0.6) is 0 Å². The second kappa shape index (κ2) is 16.7. The molecule has 50 heavy (non-hydrogen) atoms. The van der Waals surface area contributed by atoms with Gasteiger partial charge in [0.1, 0.15) is 0 Å². The number of aliphatic hydroxyl groups is 1. The smallest absolute Gasteiger partial charge is 0.261 e. The van der Waals surface area contributed by atoms with E-state index in [1.807, 2.05) is 30.3 Å². The number of benzene rings is 5. The number of aliphatic hydroxyl groups excluding tert-OH is 1. The zero-order valence-corrected chi connectivity index (χ0v) is 31.3. The topological polar surface area (TPSA) is 51.2 Å². The molecule has 5 aromatic carbocycles. The van der Waals surface area contributed by atoms with E-state index in [1.54, 1.807) is 18.9 Å². The fourth-order valence-corrected chi connectivity index (χ4v) is 13.1. The molecule has 1 N–H and O–H groups in total. The summed E-state index contributed by atoms with van der Waals surface area (Å²) in [7, 11) is -1.19. The van der Waals surface area contributed by atoms with Crippen LogP contribution >= 0.6 is 11.8 Å². The number of rotatable bonds is 13. The average Bonchev–Trinajstić information content (AvgIpc) is 3.14. The van der Waals surface area contributed by atoms with E-state index in [9.17, 15) is 5.11 Å². The van der Waals surface area contributed by atoms with Crippen molar-refractivity contribution in [3.8, 4) is 0 Å². The largest absolute Gasteiger partial charge is 0.405 e. The van der Waals surface area contributed by atoms with Gasteiger partial charge in [0.05, 0.1) is 30.1 Å². The Morgan fingerprint density at radius 2 is 1.12 bits per heavy atom. The molecule has 5 aromatic rings. The Morgan fingerprint density at radius 1 is 0.680 bits per heavy atom. The molecular formula is C43H49NO4SSi. The first-order chi connectivity index (χ1) is 24.3. The fourth-order valence-electron chi connectivity index (χ4n) is 7.30. The van der Waals surface area contributed by atoms with Crippen molar-refractivity contribution in [2.75, 3.05) is 13.7 Å². The van der Waals surface area contributed by atoms with Crippen LogP contribution in [0.2, 0.25) is 5.04 Å². The maximum absolute atomic E-state index is 12.6. The predicted molar refractivity (Wildman–Crippen MR) is 207 cm³/mol. The summed E-state index contributed by atoms with van der Waals surface area (Å²) < 4.78 is 20.6. The molecular weight excluding hydrogens is 655 g/mol. The summed E-state index contributed by atoms with van der Waals surface area (Å²) in [6, 6.07) is 52.0. The Labute approximate surface area is 303 Å². The summed E-state index contributed by atoms with van der Waals surface area (Å²) in [5.41, 5.74) is 2.32. The third-order valence-electron chi connectivity index (χ3n) is 9.65. The van der Waals surface area contributed by atoms with Gasteiger partial charge in [-0.15, -0.1) is 11.8 Å². The Kier molecular flexibility index (Phi) is 12.1. The summed E-state index contributed by atoms with van der Waals surface area (Å²) in [6.07, 6.45) is -1.93. The monoisotopic (exact) mass is 703 g/mol. The van der Waals surface area contributed by atoms with Crippen LogP contribution in [0.1, 0.15) is 31.9 Å². The van der Waals surface area contributed by atoms with Crippen molar-refractivity contribution in [2.45, 2.75) is 73.6 Å². The Morgan fingerprint density at radius 3 is 1.56 bits per heavy atom. The molecule has 6 rings (SSSR count). The molecule has 0 amide bonds. The minimum atomic E-state index is -2.87. The van der Waals surface area contributed by atoms with Crippen molar-refractivity contribution < 1.29 is 19.0 Å². The normalized spacial score (nSPS) is 21.3. The number of hydrogen-bond donors (Lipinski definition) is 1. The van der Waals surface area contributed by atoms with Crippen LogP contribution < -0.4 is 10.4 Å². The fraction of sp³-hybridized carbons (Fsp3) is 0.302. The number of methoxy groups -OCH3 is 1. The lowest BCUT2D eigenvalue weighted by Gasteiger charge is -2.49. The van der Waals surface area contributed by atoms with Gasteiger partial charge >= 0.3 is 0 Å². The molecule has 1 heterocycles. The van der Waals surface area contributed by atoms with Gasteiger partial charge in [0.15, 0.2) is 6.29 Å². The van der Waals surface area contributed by atoms with Crippen LogP contribution in [0.4, 0.5) is 0 Å². The van der Waals surface area contributed by atoms with Crippen molar-refractivity contribution >= 4 is 30.5 Å². The lowest BCUT2D eigenvalue weighted by molar-refractivity contribution is -0.245. The molecule has 1 aliphatic heterocycles. The molecule has 0 radical (unpaired) electrons. The summed E-state index contributed by atoms with van der Waals surface area (Å²) in [4.78, 5) is 3.38. The van der Waals surface area contributed by atoms with Gasteiger partial charge in [-0.25, -0.2) is 0 Å². The third kappa shape index (κ3) is 8.16. The predicted octanol–water partition coefficient (Wildman–Crippen LogP) is 7.53. The van der Waals surface area contributed by atoms with Crippen LogP contribution in [0.25, 0.3) is 0 Å². The SMILES string of the molecule is CO[C@H]1O[C@H](CO[Si](c2ccccc2)(c2ccccc2)C(C)(C)C)[C@@H](Sc2ccccc2)[C@H](O)[C@H]1N(Cc1ccccc1)Cc1ccccc1. The minimum absolute atomic E-state index is 0.198. The van der Waals surface area contributed by atoms with E-state index in [0.29, 0.717) is 19.7 Å². The summed E-state index contributed by atoms with van der Waals surface area (Å²) >= 11 is 1.65. The maximum Gasteiger partial charge on any atom is 0.261 e. The van der Waals surface area contributed by atoms with Gasteiger partial charge in [0, 0.05) is 25.1 Å². The van der Waals surface area contributed by atoms with E-state index in [1.165, 1.54) is 10.4 Å². The lowest BCUT2D eigenvalue weighted by Crippen LogP contribution is -2.68. The first kappa shape index (κ1) is 36.3. The highest BCUT2D eigenvalue weighted by molar-refractivity contribution is 8.00. The summed E-state index contributed by atoms with van der Waals surface area (Å²) in [6.45, 7) is 8.42. The number of ether oxygens (including phenoxy) is 2. The van der Waals surface area contributed by atoms with Crippen LogP contribution in [-0.2, 0) is 27.0 Å².